The van der Waals surface area contributed by atoms with Crippen molar-refractivity contribution < 1.29 is 36.5 Å². The van der Waals surface area contributed by atoms with Gasteiger partial charge in [-0.1, -0.05) is 30.8 Å². The van der Waals surface area contributed by atoms with Crippen molar-refractivity contribution in [1.82, 2.24) is 82.1 Å². The van der Waals surface area contributed by atoms with Crippen LogP contribution < -0.4 is 63.1 Å². The highest BCUT2D eigenvalue weighted by atomic mass is 19.1. The molecule has 0 fully saturated rings. The lowest BCUT2D eigenvalue weighted by Crippen LogP contribution is -2.11. The summed E-state index contributed by atoms with van der Waals surface area (Å²) in [6.07, 6.45) is 20.8. The molecule has 15 heterocycles. The third-order valence-electron chi connectivity index (χ3n) is 23.2. The zero-order valence-electron chi connectivity index (χ0n) is 73.0. The highest BCUT2D eigenvalue weighted by Crippen LogP contribution is 2.40. The van der Waals surface area contributed by atoms with Crippen molar-refractivity contribution in [1.29, 1.82) is 0 Å². The van der Waals surface area contributed by atoms with E-state index in [1.807, 2.05) is 110 Å². The van der Waals surface area contributed by atoms with Crippen LogP contribution in [0.2, 0.25) is 0 Å². The molecular formula is C95H98F4N26O4. The summed E-state index contributed by atoms with van der Waals surface area (Å²) in [6, 6.07) is 27.5. The average molecular weight is 1740 g/mol. The molecule has 4 aliphatic rings. The maximum atomic E-state index is 14.7. The van der Waals surface area contributed by atoms with Crippen molar-refractivity contribution in [3.63, 3.8) is 0 Å². The Morgan fingerprint density at radius 2 is 0.822 bits per heavy atom. The van der Waals surface area contributed by atoms with Gasteiger partial charge in [-0.2, -0.15) is 4.68 Å². The van der Waals surface area contributed by atoms with E-state index in [1.54, 1.807) is 77.4 Å². The molecule has 5 aromatic carbocycles. The number of benzene rings is 5. The third kappa shape index (κ3) is 17.8. The maximum absolute atomic E-state index is 14.7. The van der Waals surface area contributed by atoms with E-state index in [-0.39, 0.29) is 66.3 Å². The molecule has 4 unspecified atom stereocenters. The molecule has 20 rings (SSSR count). The fourth-order valence-electron chi connectivity index (χ4n) is 16.6. The number of ether oxygens (including phenoxy) is 4. The van der Waals surface area contributed by atoms with Crippen LogP contribution in [0.1, 0.15) is 142 Å². The summed E-state index contributed by atoms with van der Waals surface area (Å²) in [5.41, 5.74) is 47.6. The number of nitrogens with one attached hydrogen (secondary N) is 4. The molecule has 0 aliphatic carbocycles. The summed E-state index contributed by atoms with van der Waals surface area (Å²) in [5, 5.41) is 17.3. The van der Waals surface area contributed by atoms with Gasteiger partial charge in [-0.15, -0.1) is 0 Å². The smallest absolute Gasteiger partial charge is 0.296 e. The van der Waals surface area contributed by atoms with Gasteiger partial charge in [0.05, 0.1) is 67.5 Å². The van der Waals surface area contributed by atoms with Gasteiger partial charge in [0.1, 0.15) is 63.2 Å². The van der Waals surface area contributed by atoms with Crippen molar-refractivity contribution >= 4 is 52.2 Å². The topological polar surface area (TPSA) is 361 Å². The van der Waals surface area contributed by atoms with Crippen LogP contribution in [0.3, 0.4) is 0 Å². The number of pyridine rings is 2. The van der Waals surface area contributed by atoms with Crippen LogP contribution in [0.5, 0.6) is 23.0 Å². The first kappa shape index (κ1) is 86.6. The lowest BCUT2D eigenvalue weighted by atomic mass is 10.00. The molecular weight excluding hydrogens is 1650 g/mol. The zero-order chi connectivity index (χ0) is 90.2. The van der Waals surface area contributed by atoms with Crippen LogP contribution in [0.25, 0.3) is 72.1 Å². The SMILES string of the molecule is Cc1cc(-c2cnc(NCc3c(F)ccc4c3CCO4)n3cc(C(C)N)nc23)ccn1.Cc1cc(CN(C)C)ccc1-c1cnc(NCc2c(F)ccc3c2CCO3)n2cc(C(C)N)nc12.Cc1ncccc1-c1cnc(NCc2c(F)ccc3c2CCO3)n2cc(C(C)N)nc12.[C-]#[N+]c1cc(-c2cnc(NCc3c(F)ccc4c3CCO4)n3cc(C(C)N)nc23)n(C)n1. The van der Waals surface area contributed by atoms with Crippen molar-refractivity contribution in [3.05, 3.63) is 284 Å². The van der Waals surface area contributed by atoms with Gasteiger partial charge in [-0.05, 0) is 163 Å². The van der Waals surface area contributed by atoms with Crippen LogP contribution in [0.4, 0.5) is 47.2 Å². The standard InChI is InChI=1S/C27H31FN6O.2C23H23FN6O.C22H21FN8O/c1-16-11-18(14-33(3)4)5-6-19(16)22-13-31-27(34-15-24(17(2)29)32-26(22)34)30-12-21-20-9-10-35-25(20)8-7-23(21)28;1-13-9-15(5-7-26-13)17-10-27-23(30-12-20(14(2)25)29-22(17)30)28-11-18-16-6-8-31-21(16)4-3-19(18)24;1-13(25)20-12-30-22(29-20)18(15-4-3-8-26-14(15)2)11-28-23(30)27-10-17-16-7-9-31-21(16)6-5-19(17)24;1-12(24)17-11-31-21(28-17)15(18-8-20(25-2)29-30(18)3)10-27-22(31)26-9-14-13-6-7-32-19(13)5-4-16(14)23/h5-8,11,13,15,17H,9-10,12,14,29H2,1-4H3,(H,30,31);3-5,7,9-10,12,14H,6,8,11,25H2,1-2H3,(H,27,28);3-6,8,11-13H,7,9-10,25H2,1-2H3,(H,27,28);4-5,8,10-12H,6-7,9,24H2,1,3H3,(H,26,27). The number of anilines is 4. The number of halogens is 4. The zero-order valence-corrected chi connectivity index (χ0v) is 73.0. The van der Waals surface area contributed by atoms with Crippen molar-refractivity contribution in [2.75, 3.05) is 61.8 Å². The Hall–Kier alpha value is -14.5. The average Bonchev–Trinajstić information content (AvgIpc) is 1.65. The Morgan fingerprint density at radius 3 is 1.19 bits per heavy atom. The number of fused-ring (bicyclic) bond motifs is 8. The van der Waals surface area contributed by atoms with E-state index < -0.39 is 0 Å². The molecule has 34 heteroatoms. The Kier molecular flexibility index (Phi) is 24.7. The molecule has 660 valence electrons. The van der Waals surface area contributed by atoms with Crippen LogP contribution in [-0.4, -0.2) is 123 Å². The molecule has 16 aromatic rings. The first-order valence-electron chi connectivity index (χ1n) is 42.5. The van der Waals surface area contributed by atoms with Gasteiger partial charge < -0.3 is 72.9 Å². The van der Waals surface area contributed by atoms with Crippen molar-refractivity contribution in [2.24, 2.45) is 30.0 Å². The number of nitrogens with zero attached hydrogens (tertiary/aromatic N) is 18. The summed E-state index contributed by atoms with van der Waals surface area (Å²) in [7, 11) is 5.89. The first-order valence-corrected chi connectivity index (χ1v) is 42.5. The quantitative estimate of drug-likeness (QED) is 0.0231. The van der Waals surface area contributed by atoms with Gasteiger partial charge in [0, 0.05) is 223 Å². The molecule has 4 atom stereocenters. The Morgan fingerprint density at radius 1 is 0.442 bits per heavy atom. The Labute approximate surface area is 741 Å². The molecule has 0 saturated carbocycles. The normalized spacial score (nSPS) is 13.8. The number of imidazole rings is 4. The number of hydrogen-bond acceptors (Lipinski definition) is 24. The third-order valence-corrected chi connectivity index (χ3v) is 23.2. The van der Waals surface area contributed by atoms with Crippen LogP contribution in [0.15, 0.2) is 159 Å². The number of nitrogens with two attached hydrogens (primary N) is 4. The van der Waals surface area contributed by atoms with Gasteiger partial charge in [0.2, 0.25) is 23.8 Å². The monoisotopic (exact) mass is 1740 g/mol. The van der Waals surface area contributed by atoms with Gasteiger partial charge in [-0.3, -0.25) is 27.6 Å². The second kappa shape index (κ2) is 36.8. The van der Waals surface area contributed by atoms with Crippen LogP contribution in [-0.2, 0) is 65.5 Å². The molecule has 0 bridgehead atoms. The van der Waals surface area contributed by atoms with Gasteiger partial charge in [0.15, 0.2) is 5.65 Å². The predicted octanol–water partition coefficient (Wildman–Crippen LogP) is 15.5. The summed E-state index contributed by atoms with van der Waals surface area (Å²) >= 11 is 0. The highest BCUT2D eigenvalue weighted by molar-refractivity contribution is 5.83. The second-order valence-electron chi connectivity index (χ2n) is 32.7. The number of aromatic nitrogens is 16. The van der Waals surface area contributed by atoms with E-state index >= 15 is 0 Å². The number of hydrogen-bond donors (Lipinski definition) is 8. The van der Waals surface area contributed by atoms with E-state index in [0.29, 0.717) is 134 Å². The molecule has 0 radical (unpaired) electrons. The highest BCUT2D eigenvalue weighted by Gasteiger charge is 2.29. The summed E-state index contributed by atoms with van der Waals surface area (Å²) < 4.78 is 89.7. The minimum atomic E-state index is -0.284. The predicted molar refractivity (Wildman–Crippen MR) is 486 cm³/mol. The van der Waals surface area contributed by atoms with Crippen molar-refractivity contribution in [2.45, 2.75) is 131 Å². The van der Waals surface area contributed by atoms with Gasteiger partial charge >= 0.3 is 0 Å². The van der Waals surface area contributed by atoms with E-state index in [9.17, 15) is 17.6 Å². The Bertz CT molecular complexity index is 6990. The fraction of sp³-hybridized carbons (Fsp3) is 0.284. The molecule has 0 amide bonds. The Balaban J connectivity index is 0.000000121. The largest absolute Gasteiger partial charge is 0.493 e. The maximum Gasteiger partial charge on any atom is 0.296 e. The molecule has 12 N–H and O–H groups in total. The summed E-state index contributed by atoms with van der Waals surface area (Å²) in [6.45, 7) is 25.1. The van der Waals surface area contributed by atoms with Crippen LogP contribution in [0, 0.1) is 50.6 Å². The molecule has 30 nitrogen and oxygen atoms in total. The van der Waals surface area contributed by atoms with E-state index in [4.69, 9.17) is 73.4 Å². The first-order chi connectivity index (χ1) is 62.3. The van der Waals surface area contributed by atoms with Gasteiger partial charge in [-0.25, -0.2) is 57.4 Å². The molecule has 0 saturated heterocycles. The molecule has 0 spiro atoms. The van der Waals surface area contributed by atoms with Crippen molar-refractivity contribution in [3.8, 4) is 67.6 Å². The molecule has 4 aliphatic heterocycles. The summed E-state index contributed by atoms with van der Waals surface area (Å²) in [5.74, 6) is 4.47. The minimum Gasteiger partial charge on any atom is -0.493 e. The van der Waals surface area contributed by atoms with E-state index in [2.05, 4.69) is 100 Å². The fourth-order valence-corrected chi connectivity index (χ4v) is 16.6. The summed E-state index contributed by atoms with van der Waals surface area (Å²) in [4.78, 5) is 51.8. The lowest BCUT2D eigenvalue weighted by Gasteiger charge is -2.15. The second-order valence-corrected chi connectivity index (χ2v) is 32.7. The molecule has 129 heavy (non-hydrogen) atoms. The molecule has 11 aromatic heterocycles. The van der Waals surface area contributed by atoms with E-state index in [1.165, 1.54) is 29.8 Å². The van der Waals surface area contributed by atoms with Gasteiger partial charge in [0.25, 0.3) is 5.82 Å². The number of aryl methyl sites for hydroxylation is 4. The number of rotatable bonds is 22. The lowest BCUT2D eigenvalue weighted by molar-refractivity contribution is 0.356. The van der Waals surface area contributed by atoms with Crippen LogP contribution >= 0.6 is 0 Å². The minimum absolute atomic E-state index is 0.230. The van der Waals surface area contributed by atoms with E-state index in [0.717, 1.165) is 136 Å².